The SMILES string of the molecule is COCCS(=O)(=O)CC(=O)N1CCC(c2ccccc2)=N1. The van der Waals surface area contributed by atoms with Crippen LogP contribution in [0.3, 0.4) is 0 Å². The lowest BCUT2D eigenvalue weighted by molar-refractivity contribution is -0.127. The third-order valence-electron chi connectivity index (χ3n) is 3.14. The maximum absolute atomic E-state index is 12.0. The first-order valence-corrected chi connectivity index (χ1v) is 8.46. The molecular formula is C14H18N2O4S. The van der Waals surface area contributed by atoms with Gasteiger partial charge in [-0.05, 0) is 5.56 Å². The lowest BCUT2D eigenvalue weighted by Crippen LogP contribution is -2.31. The molecule has 0 aromatic heterocycles. The number of carbonyl (C=O) groups is 1. The van der Waals surface area contributed by atoms with E-state index in [1.165, 1.54) is 12.1 Å². The standard InChI is InChI=1S/C14H18N2O4S/c1-20-9-10-21(18,19)11-14(17)16-8-7-13(15-16)12-5-3-2-4-6-12/h2-6H,7-11H2,1H3. The number of nitrogens with zero attached hydrogens (tertiary/aromatic N) is 2. The number of hydrogen-bond donors (Lipinski definition) is 0. The predicted octanol–water partition coefficient (Wildman–Crippen LogP) is 0.684. The summed E-state index contributed by atoms with van der Waals surface area (Å²) in [7, 11) is -2.02. The number of hydrazone groups is 1. The highest BCUT2D eigenvalue weighted by atomic mass is 32.2. The molecule has 0 N–H and O–H groups in total. The van der Waals surface area contributed by atoms with E-state index < -0.39 is 21.5 Å². The molecule has 7 heteroatoms. The van der Waals surface area contributed by atoms with E-state index in [-0.39, 0.29) is 12.4 Å². The highest BCUT2D eigenvalue weighted by Gasteiger charge is 2.25. The fourth-order valence-electron chi connectivity index (χ4n) is 2.02. The van der Waals surface area contributed by atoms with Crippen LogP contribution in [-0.4, -0.2) is 56.8 Å². The van der Waals surface area contributed by atoms with Crippen LogP contribution in [0.5, 0.6) is 0 Å². The maximum Gasteiger partial charge on any atom is 0.257 e. The second kappa shape index (κ2) is 6.82. The van der Waals surface area contributed by atoms with Crippen molar-refractivity contribution in [2.75, 3.05) is 31.8 Å². The van der Waals surface area contributed by atoms with Gasteiger partial charge in [0.05, 0.1) is 24.6 Å². The number of ether oxygens (including phenoxy) is 1. The molecule has 0 saturated heterocycles. The third-order valence-corrected chi connectivity index (χ3v) is 4.61. The minimum atomic E-state index is -3.45. The Hall–Kier alpha value is -1.73. The first-order chi connectivity index (χ1) is 10.0. The van der Waals surface area contributed by atoms with Crippen LogP contribution < -0.4 is 0 Å². The Morgan fingerprint density at radius 1 is 1.33 bits per heavy atom. The largest absolute Gasteiger partial charge is 0.384 e. The summed E-state index contributed by atoms with van der Waals surface area (Å²) in [6, 6.07) is 9.55. The van der Waals surface area contributed by atoms with Crippen molar-refractivity contribution in [2.45, 2.75) is 6.42 Å². The molecule has 2 rings (SSSR count). The Kier molecular flexibility index (Phi) is 5.08. The van der Waals surface area contributed by atoms with Gasteiger partial charge in [-0.2, -0.15) is 5.10 Å². The minimum Gasteiger partial charge on any atom is -0.384 e. The van der Waals surface area contributed by atoms with Gasteiger partial charge in [0.1, 0.15) is 5.75 Å². The molecule has 6 nitrogen and oxygen atoms in total. The van der Waals surface area contributed by atoms with Gasteiger partial charge < -0.3 is 4.74 Å². The Morgan fingerprint density at radius 2 is 2.05 bits per heavy atom. The fourth-order valence-corrected chi connectivity index (χ4v) is 3.11. The van der Waals surface area contributed by atoms with Crippen LogP contribution in [0.15, 0.2) is 35.4 Å². The molecule has 0 fully saturated rings. The zero-order chi connectivity index (χ0) is 15.3. The summed E-state index contributed by atoms with van der Waals surface area (Å²) < 4.78 is 28.2. The first-order valence-electron chi connectivity index (χ1n) is 6.64. The molecule has 1 heterocycles. The molecule has 0 aliphatic carbocycles. The number of rotatable bonds is 6. The van der Waals surface area contributed by atoms with Crippen molar-refractivity contribution in [3.63, 3.8) is 0 Å². The molecule has 0 spiro atoms. The number of hydrogen-bond acceptors (Lipinski definition) is 5. The van der Waals surface area contributed by atoms with Gasteiger partial charge in [0.15, 0.2) is 9.84 Å². The van der Waals surface area contributed by atoms with E-state index in [4.69, 9.17) is 4.74 Å². The maximum atomic E-state index is 12.0. The van der Waals surface area contributed by atoms with E-state index in [1.807, 2.05) is 30.3 Å². The summed E-state index contributed by atoms with van der Waals surface area (Å²) in [4.78, 5) is 12.0. The Bertz CT molecular complexity index is 626. The van der Waals surface area contributed by atoms with E-state index >= 15 is 0 Å². The first kappa shape index (κ1) is 15.7. The number of benzene rings is 1. The lowest BCUT2D eigenvalue weighted by atomic mass is 10.1. The summed E-state index contributed by atoms with van der Waals surface area (Å²) >= 11 is 0. The summed E-state index contributed by atoms with van der Waals surface area (Å²) in [6.45, 7) is 0.511. The van der Waals surface area contributed by atoms with Gasteiger partial charge in [-0.15, -0.1) is 0 Å². The van der Waals surface area contributed by atoms with Gasteiger partial charge in [0, 0.05) is 13.5 Å². The minimum absolute atomic E-state index is 0.0914. The molecule has 1 aliphatic heterocycles. The Morgan fingerprint density at radius 3 is 2.71 bits per heavy atom. The molecule has 0 atom stereocenters. The summed E-state index contributed by atoms with van der Waals surface area (Å²) in [5.41, 5.74) is 1.76. The molecule has 1 aliphatic rings. The van der Waals surface area contributed by atoms with Crippen LogP contribution in [0.2, 0.25) is 0 Å². The zero-order valence-electron chi connectivity index (χ0n) is 11.9. The summed E-state index contributed by atoms with van der Waals surface area (Å²) in [5, 5.41) is 5.47. The zero-order valence-corrected chi connectivity index (χ0v) is 12.7. The van der Waals surface area contributed by atoms with Crippen LogP contribution in [-0.2, 0) is 19.4 Å². The fraction of sp³-hybridized carbons (Fsp3) is 0.429. The Balaban J connectivity index is 2.00. The van der Waals surface area contributed by atoms with Crippen LogP contribution in [0.4, 0.5) is 0 Å². The van der Waals surface area contributed by atoms with E-state index in [1.54, 1.807) is 0 Å². The van der Waals surface area contributed by atoms with E-state index in [0.29, 0.717) is 13.0 Å². The van der Waals surface area contributed by atoms with Gasteiger partial charge in [-0.3, -0.25) is 4.79 Å². The quantitative estimate of drug-likeness (QED) is 0.774. The summed E-state index contributed by atoms with van der Waals surface area (Å²) in [6.07, 6.45) is 0.633. The molecule has 0 unspecified atom stereocenters. The van der Waals surface area contributed by atoms with Crippen molar-refractivity contribution in [3.05, 3.63) is 35.9 Å². The van der Waals surface area contributed by atoms with Crippen LogP contribution in [0, 0.1) is 0 Å². The van der Waals surface area contributed by atoms with Crippen LogP contribution >= 0.6 is 0 Å². The van der Waals surface area contributed by atoms with E-state index in [2.05, 4.69) is 5.10 Å². The number of amides is 1. The molecule has 21 heavy (non-hydrogen) atoms. The van der Waals surface area contributed by atoms with Gasteiger partial charge in [-0.25, -0.2) is 13.4 Å². The van der Waals surface area contributed by atoms with Crippen LogP contribution in [0.25, 0.3) is 0 Å². The second-order valence-corrected chi connectivity index (χ2v) is 6.95. The number of methoxy groups -OCH3 is 1. The van der Waals surface area contributed by atoms with Crippen molar-refractivity contribution in [3.8, 4) is 0 Å². The number of sulfone groups is 1. The van der Waals surface area contributed by atoms with Gasteiger partial charge in [0.25, 0.3) is 5.91 Å². The van der Waals surface area contributed by atoms with Gasteiger partial charge in [0.2, 0.25) is 0 Å². The van der Waals surface area contributed by atoms with E-state index in [9.17, 15) is 13.2 Å². The topological polar surface area (TPSA) is 76.0 Å². The average Bonchev–Trinajstić information content (AvgIpc) is 2.96. The normalized spacial score (nSPS) is 15.1. The second-order valence-electron chi connectivity index (χ2n) is 4.76. The highest BCUT2D eigenvalue weighted by molar-refractivity contribution is 7.92. The van der Waals surface area contributed by atoms with Crippen LogP contribution in [0.1, 0.15) is 12.0 Å². The molecule has 1 aromatic carbocycles. The molecule has 1 aromatic rings. The molecule has 0 bridgehead atoms. The van der Waals surface area contributed by atoms with Crippen molar-refractivity contribution in [1.29, 1.82) is 0 Å². The molecule has 0 radical (unpaired) electrons. The van der Waals surface area contributed by atoms with Gasteiger partial charge >= 0.3 is 0 Å². The number of carbonyl (C=O) groups excluding carboxylic acids is 1. The van der Waals surface area contributed by atoms with Crippen molar-refractivity contribution in [1.82, 2.24) is 5.01 Å². The third kappa shape index (κ3) is 4.37. The molecule has 0 saturated carbocycles. The highest BCUT2D eigenvalue weighted by Crippen LogP contribution is 2.14. The van der Waals surface area contributed by atoms with Crippen molar-refractivity contribution >= 4 is 21.5 Å². The molecule has 1 amide bonds. The summed E-state index contributed by atoms with van der Waals surface area (Å²) in [5.74, 6) is -1.17. The average molecular weight is 310 g/mol. The molecule has 114 valence electrons. The van der Waals surface area contributed by atoms with E-state index in [0.717, 1.165) is 11.3 Å². The van der Waals surface area contributed by atoms with Gasteiger partial charge in [-0.1, -0.05) is 30.3 Å². The van der Waals surface area contributed by atoms with Crippen molar-refractivity contribution < 1.29 is 17.9 Å². The Labute approximate surface area is 124 Å². The smallest absolute Gasteiger partial charge is 0.257 e. The molecular weight excluding hydrogens is 292 g/mol. The predicted molar refractivity (Wildman–Crippen MR) is 79.8 cm³/mol. The van der Waals surface area contributed by atoms with Crippen molar-refractivity contribution in [2.24, 2.45) is 5.10 Å². The lowest BCUT2D eigenvalue weighted by Gasteiger charge is -2.11. The monoisotopic (exact) mass is 310 g/mol.